The fraction of sp³-hybridized carbons (Fsp3) is 0.273. The van der Waals surface area contributed by atoms with Gasteiger partial charge in [-0.3, -0.25) is 4.79 Å². The Balaban J connectivity index is 2.28. The SMILES string of the molecule is CN(C)C=C1N=C(c2ccccc2Cl)c2cc(Cl)ccc2N(CCN(C)C)C1=O. The summed E-state index contributed by atoms with van der Waals surface area (Å²) in [5.41, 5.74) is 3.27. The molecule has 0 spiro atoms. The van der Waals surface area contributed by atoms with E-state index in [4.69, 9.17) is 28.2 Å². The van der Waals surface area contributed by atoms with Crippen molar-refractivity contribution in [3.8, 4) is 0 Å². The number of carbonyl (C=O) groups excluding carboxylic acids is 1. The van der Waals surface area contributed by atoms with Crippen molar-refractivity contribution in [2.24, 2.45) is 4.99 Å². The second-order valence-electron chi connectivity index (χ2n) is 7.34. The topological polar surface area (TPSA) is 39.1 Å². The number of likely N-dealkylation sites (N-methyl/N-ethyl adjacent to an activating group) is 1. The first-order chi connectivity index (χ1) is 13.8. The number of halogens is 2. The van der Waals surface area contributed by atoms with Crippen molar-refractivity contribution >= 4 is 40.5 Å². The maximum absolute atomic E-state index is 13.4. The van der Waals surface area contributed by atoms with E-state index in [1.54, 1.807) is 17.2 Å². The molecule has 0 aliphatic carbocycles. The van der Waals surface area contributed by atoms with Crippen LogP contribution in [0.4, 0.5) is 5.69 Å². The Hall–Kier alpha value is -2.34. The second kappa shape index (κ2) is 8.99. The number of carbonyl (C=O) groups is 1. The minimum Gasteiger partial charge on any atom is -0.382 e. The highest BCUT2D eigenvalue weighted by Gasteiger charge is 2.29. The van der Waals surface area contributed by atoms with Crippen LogP contribution in [-0.4, -0.2) is 62.7 Å². The Morgan fingerprint density at radius 2 is 1.76 bits per heavy atom. The fourth-order valence-corrected chi connectivity index (χ4v) is 3.52. The number of hydrogen-bond donors (Lipinski definition) is 0. The molecule has 1 amide bonds. The van der Waals surface area contributed by atoms with Crippen LogP contribution >= 0.6 is 23.2 Å². The highest BCUT2D eigenvalue weighted by atomic mass is 35.5. The molecule has 1 heterocycles. The van der Waals surface area contributed by atoms with E-state index in [1.165, 1.54) is 0 Å². The third-order valence-corrected chi connectivity index (χ3v) is 5.05. The number of anilines is 1. The number of benzodiazepines with no additional fused rings is 1. The minimum absolute atomic E-state index is 0.161. The lowest BCUT2D eigenvalue weighted by molar-refractivity contribution is -0.115. The van der Waals surface area contributed by atoms with Gasteiger partial charge in [-0.15, -0.1) is 0 Å². The van der Waals surface area contributed by atoms with Crippen LogP contribution in [-0.2, 0) is 4.79 Å². The first-order valence-electron chi connectivity index (χ1n) is 9.26. The molecule has 3 rings (SSSR count). The quantitative estimate of drug-likeness (QED) is 0.668. The molecular formula is C22H24Cl2N4O. The zero-order valence-corrected chi connectivity index (χ0v) is 18.5. The minimum atomic E-state index is -0.161. The van der Waals surface area contributed by atoms with Gasteiger partial charge in [0.15, 0.2) is 0 Å². The van der Waals surface area contributed by atoms with Crippen molar-refractivity contribution in [1.82, 2.24) is 9.80 Å². The van der Waals surface area contributed by atoms with Crippen LogP contribution in [0.25, 0.3) is 0 Å². The van der Waals surface area contributed by atoms with E-state index >= 15 is 0 Å². The molecule has 1 aliphatic heterocycles. The fourth-order valence-electron chi connectivity index (χ4n) is 3.12. The molecule has 0 aromatic heterocycles. The molecule has 2 aromatic carbocycles. The van der Waals surface area contributed by atoms with Crippen molar-refractivity contribution in [3.63, 3.8) is 0 Å². The van der Waals surface area contributed by atoms with Gasteiger partial charge in [-0.25, -0.2) is 4.99 Å². The van der Waals surface area contributed by atoms with Crippen molar-refractivity contribution in [2.75, 3.05) is 46.2 Å². The molecule has 0 radical (unpaired) electrons. The Kier molecular flexibility index (Phi) is 6.63. The van der Waals surface area contributed by atoms with E-state index < -0.39 is 0 Å². The van der Waals surface area contributed by atoms with Crippen molar-refractivity contribution < 1.29 is 4.79 Å². The maximum Gasteiger partial charge on any atom is 0.278 e. The Labute approximate surface area is 181 Å². The molecule has 0 unspecified atom stereocenters. The Morgan fingerprint density at radius 1 is 1.03 bits per heavy atom. The van der Waals surface area contributed by atoms with Gasteiger partial charge in [-0.2, -0.15) is 0 Å². The average Bonchev–Trinajstić information content (AvgIpc) is 2.75. The molecule has 1 aliphatic rings. The number of hydrogen-bond acceptors (Lipinski definition) is 4. The van der Waals surface area contributed by atoms with Gasteiger partial charge in [0, 0.05) is 54.6 Å². The molecule has 29 heavy (non-hydrogen) atoms. The van der Waals surface area contributed by atoms with Gasteiger partial charge in [-0.05, 0) is 38.4 Å². The van der Waals surface area contributed by atoms with Crippen LogP contribution in [0.5, 0.6) is 0 Å². The molecule has 7 heteroatoms. The summed E-state index contributed by atoms with van der Waals surface area (Å²) in [6, 6.07) is 13.0. The van der Waals surface area contributed by atoms with E-state index in [1.807, 2.05) is 74.4 Å². The predicted molar refractivity (Wildman–Crippen MR) is 121 cm³/mol. The summed E-state index contributed by atoms with van der Waals surface area (Å²) in [4.78, 5) is 23.8. The Bertz CT molecular complexity index is 983. The van der Waals surface area contributed by atoms with Gasteiger partial charge in [0.2, 0.25) is 0 Å². The molecule has 5 nitrogen and oxygen atoms in total. The van der Waals surface area contributed by atoms with E-state index in [-0.39, 0.29) is 5.91 Å². The first kappa shape index (κ1) is 21.4. The van der Waals surface area contributed by atoms with E-state index in [0.717, 1.165) is 16.8 Å². The number of fused-ring (bicyclic) bond motifs is 1. The molecule has 0 saturated heterocycles. The standard InChI is InChI=1S/C22H24Cl2N4O/c1-26(2)11-12-28-20-10-9-15(23)13-17(20)21(16-7-5-6-8-18(16)24)25-19(22(28)29)14-27(3)4/h5-10,13-14H,11-12H2,1-4H3. The van der Waals surface area contributed by atoms with Crippen LogP contribution in [0.1, 0.15) is 11.1 Å². The summed E-state index contributed by atoms with van der Waals surface area (Å²) in [5, 5.41) is 1.14. The van der Waals surface area contributed by atoms with Gasteiger partial charge >= 0.3 is 0 Å². The third kappa shape index (κ3) is 4.81. The molecule has 152 valence electrons. The van der Waals surface area contributed by atoms with Crippen LogP contribution in [0.15, 0.2) is 59.4 Å². The van der Waals surface area contributed by atoms with Crippen LogP contribution in [0.3, 0.4) is 0 Å². The van der Waals surface area contributed by atoms with Crippen molar-refractivity contribution in [3.05, 3.63) is 75.5 Å². The normalized spacial score (nSPS) is 15.4. The van der Waals surface area contributed by atoms with Gasteiger partial charge in [-0.1, -0.05) is 41.4 Å². The molecule has 0 saturated carbocycles. The Morgan fingerprint density at radius 3 is 2.41 bits per heavy atom. The average molecular weight is 431 g/mol. The van der Waals surface area contributed by atoms with Crippen LogP contribution < -0.4 is 4.90 Å². The lowest BCUT2D eigenvalue weighted by Crippen LogP contribution is -2.37. The molecule has 2 aromatic rings. The molecular weight excluding hydrogens is 407 g/mol. The summed E-state index contributed by atoms with van der Waals surface area (Å²) in [7, 11) is 7.69. The number of amides is 1. The molecule has 0 atom stereocenters. The van der Waals surface area contributed by atoms with Crippen LogP contribution in [0, 0.1) is 0 Å². The van der Waals surface area contributed by atoms with Crippen LogP contribution in [0.2, 0.25) is 10.0 Å². The molecule has 0 fully saturated rings. The largest absolute Gasteiger partial charge is 0.382 e. The van der Waals surface area contributed by atoms with E-state index in [0.29, 0.717) is 34.5 Å². The number of rotatable bonds is 5. The first-order valence-corrected chi connectivity index (χ1v) is 10.0. The number of nitrogens with zero attached hydrogens (tertiary/aromatic N) is 4. The summed E-state index contributed by atoms with van der Waals surface area (Å²) in [6.07, 6.45) is 1.73. The summed E-state index contributed by atoms with van der Waals surface area (Å²) >= 11 is 12.8. The lowest BCUT2D eigenvalue weighted by Gasteiger charge is -2.25. The summed E-state index contributed by atoms with van der Waals surface area (Å²) in [5.74, 6) is -0.161. The zero-order chi connectivity index (χ0) is 21.1. The monoisotopic (exact) mass is 430 g/mol. The molecule has 0 bridgehead atoms. The van der Waals surface area contributed by atoms with Gasteiger partial charge in [0.1, 0.15) is 5.70 Å². The number of benzene rings is 2. The smallest absolute Gasteiger partial charge is 0.278 e. The predicted octanol–water partition coefficient (Wildman–Crippen LogP) is 4.14. The second-order valence-corrected chi connectivity index (χ2v) is 8.18. The third-order valence-electron chi connectivity index (χ3n) is 4.48. The van der Waals surface area contributed by atoms with Crippen molar-refractivity contribution in [1.29, 1.82) is 0 Å². The summed E-state index contributed by atoms with van der Waals surface area (Å²) in [6.45, 7) is 1.24. The van der Waals surface area contributed by atoms with Crippen molar-refractivity contribution in [2.45, 2.75) is 0 Å². The highest BCUT2D eigenvalue weighted by molar-refractivity contribution is 6.37. The maximum atomic E-state index is 13.4. The number of aliphatic imine (C=N–C) groups is 1. The molecule has 0 N–H and O–H groups in total. The highest BCUT2D eigenvalue weighted by Crippen LogP contribution is 2.33. The van der Waals surface area contributed by atoms with Gasteiger partial charge in [0.25, 0.3) is 5.91 Å². The lowest BCUT2D eigenvalue weighted by atomic mass is 10.00. The van der Waals surface area contributed by atoms with E-state index in [9.17, 15) is 4.79 Å². The van der Waals surface area contributed by atoms with E-state index in [2.05, 4.69) is 0 Å². The summed E-state index contributed by atoms with van der Waals surface area (Å²) < 4.78 is 0. The van der Waals surface area contributed by atoms with Gasteiger partial charge < -0.3 is 14.7 Å². The van der Waals surface area contributed by atoms with Gasteiger partial charge in [0.05, 0.1) is 11.4 Å². The zero-order valence-electron chi connectivity index (χ0n) is 17.0.